The quantitative estimate of drug-likeness (QED) is 0.813. The number of nitrogens with zero attached hydrogens (tertiary/aromatic N) is 4. The van der Waals surface area contributed by atoms with Crippen LogP contribution in [0.15, 0.2) is 12.4 Å². The van der Waals surface area contributed by atoms with E-state index in [0.717, 1.165) is 24.9 Å². The Bertz CT molecular complexity index is 778. The van der Waals surface area contributed by atoms with Gasteiger partial charge in [0.05, 0.1) is 17.3 Å². The average Bonchev–Trinajstić information content (AvgIpc) is 3.30. The van der Waals surface area contributed by atoms with Crippen LogP contribution in [0, 0.1) is 11.3 Å². The van der Waals surface area contributed by atoms with Crippen LogP contribution in [0.4, 0.5) is 10.5 Å². The smallest absolute Gasteiger partial charge is 0.318 e. The number of hydrogen-bond donors (Lipinski definition) is 2. The van der Waals surface area contributed by atoms with Crippen LogP contribution in [0.2, 0.25) is 0 Å². The lowest BCUT2D eigenvalue weighted by atomic mass is 9.81. The highest BCUT2D eigenvalue weighted by atomic mass is 16.4. The van der Waals surface area contributed by atoms with E-state index in [1.165, 1.54) is 0 Å². The number of aliphatic carboxylic acids is 1. The zero-order chi connectivity index (χ0) is 19.2. The number of carbonyl (C=O) groups excluding carboxylic acids is 2. The fraction of sp³-hybridized carbons (Fsp3) is 0.667. The van der Waals surface area contributed by atoms with E-state index in [4.69, 9.17) is 0 Å². The van der Waals surface area contributed by atoms with Gasteiger partial charge >= 0.3 is 12.0 Å². The third-order valence-electron chi connectivity index (χ3n) is 6.32. The van der Waals surface area contributed by atoms with Crippen LogP contribution in [0.25, 0.3) is 0 Å². The first-order valence-electron chi connectivity index (χ1n) is 9.49. The second-order valence-electron chi connectivity index (χ2n) is 7.94. The summed E-state index contributed by atoms with van der Waals surface area (Å²) >= 11 is 0. The van der Waals surface area contributed by atoms with Gasteiger partial charge in [0.2, 0.25) is 5.91 Å². The van der Waals surface area contributed by atoms with E-state index in [9.17, 15) is 19.5 Å². The molecule has 1 saturated carbocycles. The second kappa shape index (κ2) is 6.54. The normalized spacial score (nSPS) is 30.5. The van der Waals surface area contributed by atoms with E-state index in [1.807, 2.05) is 0 Å². The molecule has 2 aliphatic heterocycles. The van der Waals surface area contributed by atoms with Crippen molar-refractivity contribution in [2.24, 2.45) is 18.4 Å². The number of urea groups is 1. The molecule has 1 aliphatic carbocycles. The molecule has 1 aromatic heterocycles. The molecule has 3 heterocycles. The van der Waals surface area contributed by atoms with E-state index in [-0.39, 0.29) is 24.4 Å². The highest BCUT2D eigenvalue weighted by Crippen LogP contribution is 2.48. The van der Waals surface area contributed by atoms with Crippen LogP contribution >= 0.6 is 0 Å². The molecule has 0 bridgehead atoms. The largest absolute Gasteiger partial charge is 0.481 e. The van der Waals surface area contributed by atoms with Crippen molar-refractivity contribution >= 4 is 23.6 Å². The number of anilines is 1. The van der Waals surface area contributed by atoms with Gasteiger partial charge in [-0.1, -0.05) is 6.42 Å². The number of piperidine rings is 1. The molecule has 0 aromatic carbocycles. The van der Waals surface area contributed by atoms with Crippen molar-refractivity contribution in [3.8, 4) is 0 Å². The summed E-state index contributed by atoms with van der Waals surface area (Å²) in [5.74, 6) is -0.943. The van der Waals surface area contributed by atoms with Crippen LogP contribution < -0.4 is 10.2 Å². The first-order chi connectivity index (χ1) is 12.9. The lowest BCUT2D eigenvalue weighted by Gasteiger charge is -2.33. The van der Waals surface area contributed by atoms with Crippen LogP contribution in [-0.2, 0) is 16.6 Å². The zero-order valence-corrected chi connectivity index (χ0v) is 15.4. The van der Waals surface area contributed by atoms with Crippen molar-refractivity contribution < 1.29 is 19.5 Å². The molecular weight excluding hydrogens is 350 g/mol. The fourth-order valence-corrected chi connectivity index (χ4v) is 4.85. The first-order valence-corrected chi connectivity index (χ1v) is 9.49. The molecule has 146 valence electrons. The van der Waals surface area contributed by atoms with Crippen LogP contribution in [0.1, 0.15) is 32.1 Å². The molecule has 0 radical (unpaired) electrons. The Morgan fingerprint density at radius 2 is 2.15 bits per heavy atom. The van der Waals surface area contributed by atoms with Crippen molar-refractivity contribution in [2.75, 3.05) is 24.5 Å². The fourth-order valence-electron chi connectivity index (χ4n) is 4.85. The SMILES string of the molecule is Cn1cc(N2CCCC(NC(=O)N3C[C@@H]4CCC[C@@]4(C(=O)O)C3)C2=O)cn1. The van der Waals surface area contributed by atoms with E-state index in [0.29, 0.717) is 25.9 Å². The van der Waals surface area contributed by atoms with Gasteiger partial charge in [0.15, 0.2) is 0 Å². The summed E-state index contributed by atoms with van der Waals surface area (Å²) in [6.07, 6.45) is 7.14. The number of amides is 3. The van der Waals surface area contributed by atoms with Crippen molar-refractivity contribution in [1.29, 1.82) is 0 Å². The Kier molecular flexibility index (Phi) is 4.32. The second-order valence-corrected chi connectivity index (χ2v) is 7.94. The molecule has 3 atom stereocenters. The van der Waals surface area contributed by atoms with Gasteiger partial charge in [0, 0.05) is 32.9 Å². The van der Waals surface area contributed by atoms with Crippen LogP contribution in [0.3, 0.4) is 0 Å². The van der Waals surface area contributed by atoms with Crippen molar-refractivity contribution in [1.82, 2.24) is 20.0 Å². The minimum absolute atomic E-state index is 0.00898. The van der Waals surface area contributed by atoms with Gasteiger partial charge < -0.3 is 20.2 Å². The number of carboxylic acids is 1. The Labute approximate surface area is 157 Å². The molecule has 2 saturated heterocycles. The standard InChI is InChI=1S/C18H25N5O4/c1-21-10-13(8-19-21)23-7-3-5-14(15(23)24)20-17(27)22-9-12-4-2-6-18(12,11-22)16(25)26/h8,10,12,14H,2-7,9,11H2,1H3,(H,20,27)(H,25,26)/t12-,14?,18+/m0/s1. The minimum atomic E-state index is -0.810. The Balaban J connectivity index is 1.42. The maximum Gasteiger partial charge on any atom is 0.318 e. The maximum atomic E-state index is 12.8. The molecule has 1 aromatic rings. The van der Waals surface area contributed by atoms with E-state index in [1.54, 1.807) is 33.9 Å². The number of aromatic nitrogens is 2. The molecule has 3 amide bonds. The van der Waals surface area contributed by atoms with Gasteiger partial charge in [-0.2, -0.15) is 5.10 Å². The van der Waals surface area contributed by atoms with Gasteiger partial charge in [-0.3, -0.25) is 14.3 Å². The number of hydrogen-bond acceptors (Lipinski definition) is 4. The number of aryl methyl sites for hydroxylation is 1. The monoisotopic (exact) mass is 375 g/mol. The summed E-state index contributed by atoms with van der Waals surface area (Å²) in [4.78, 5) is 40.6. The first kappa shape index (κ1) is 17.8. The summed E-state index contributed by atoms with van der Waals surface area (Å²) < 4.78 is 1.64. The molecule has 3 aliphatic rings. The van der Waals surface area contributed by atoms with Crippen molar-refractivity contribution in [3.05, 3.63) is 12.4 Å². The summed E-state index contributed by atoms with van der Waals surface area (Å²) in [5.41, 5.74) is -0.0858. The van der Waals surface area contributed by atoms with Gasteiger partial charge in [0.25, 0.3) is 0 Å². The molecule has 9 nitrogen and oxygen atoms in total. The van der Waals surface area contributed by atoms with E-state index < -0.39 is 17.4 Å². The van der Waals surface area contributed by atoms with Crippen molar-refractivity contribution in [3.63, 3.8) is 0 Å². The van der Waals surface area contributed by atoms with Crippen LogP contribution in [0.5, 0.6) is 0 Å². The third-order valence-corrected chi connectivity index (χ3v) is 6.32. The van der Waals surface area contributed by atoms with Crippen LogP contribution in [-0.4, -0.2) is 63.4 Å². The third kappa shape index (κ3) is 2.94. The highest BCUT2D eigenvalue weighted by molar-refractivity contribution is 5.99. The lowest BCUT2D eigenvalue weighted by Crippen LogP contribution is -2.55. The molecular formula is C18H25N5O4. The lowest BCUT2D eigenvalue weighted by molar-refractivity contribution is -0.149. The summed E-state index contributed by atoms with van der Waals surface area (Å²) in [6.45, 7) is 1.28. The number of likely N-dealkylation sites (tertiary alicyclic amines) is 1. The molecule has 3 fully saturated rings. The Hall–Kier alpha value is -2.58. The maximum absolute atomic E-state index is 12.8. The summed E-state index contributed by atoms with van der Waals surface area (Å²) in [7, 11) is 1.79. The zero-order valence-electron chi connectivity index (χ0n) is 15.4. The number of carboxylic acid groups (broad SMARTS) is 1. The molecule has 27 heavy (non-hydrogen) atoms. The number of rotatable bonds is 3. The van der Waals surface area contributed by atoms with Gasteiger partial charge in [-0.15, -0.1) is 0 Å². The molecule has 2 N–H and O–H groups in total. The predicted octanol–water partition coefficient (Wildman–Crippen LogP) is 0.812. The Morgan fingerprint density at radius 1 is 1.33 bits per heavy atom. The van der Waals surface area contributed by atoms with E-state index in [2.05, 4.69) is 10.4 Å². The summed E-state index contributed by atoms with van der Waals surface area (Å²) in [5, 5.41) is 16.6. The topological polar surface area (TPSA) is 108 Å². The minimum Gasteiger partial charge on any atom is -0.481 e. The predicted molar refractivity (Wildman–Crippen MR) is 96.1 cm³/mol. The Morgan fingerprint density at radius 3 is 2.81 bits per heavy atom. The average molecular weight is 375 g/mol. The van der Waals surface area contributed by atoms with E-state index >= 15 is 0 Å². The van der Waals surface area contributed by atoms with Crippen molar-refractivity contribution in [2.45, 2.75) is 38.1 Å². The van der Waals surface area contributed by atoms with Gasteiger partial charge in [0.1, 0.15) is 6.04 Å². The number of fused-ring (bicyclic) bond motifs is 1. The molecule has 9 heteroatoms. The van der Waals surface area contributed by atoms with Gasteiger partial charge in [-0.05, 0) is 31.6 Å². The number of carbonyl (C=O) groups is 3. The molecule has 4 rings (SSSR count). The van der Waals surface area contributed by atoms with Gasteiger partial charge in [-0.25, -0.2) is 4.79 Å². The highest BCUT2D eigenvalue weighted by Gasteiger charge is 2.56. The molecule has 0 spiro atoms. The number of nitrogens with one attached hydrogen (secondary N) is 1. The molecule has 1 unspecified atom stereocenters. The summed E-state index contributed by atoms with van der Waals surface area (Å²) in [6, 6.07) is -0.927.